The van der Waals surface area contributed by atoms with Crippen LogP contribution in [0.25, 0.3) is 0 Å². The second kappa shape index (κ2) is 7.98. The molecule has 8 nitrogen and oxygen atoms in total. The number of fused-ring (bicyclic) bond motifs is 1. The van der Waals surface area contributed by atoms with E-state index in [1.165, 1.54) is 4.90 Å². The fraction of sp³-hybridized carbons (Fsp3) is 0.471. The van der Waals surface area contributed by atoms with Gasteiger partial charge in [-0.1, -0.05) is 12.1 Å². The van der Waals surface area contributed by atoms with Crippen LogP contribution in [0.1, 0.15) is 6.42 Å². The molecule has 0 unspecified atom stereocenters. The van der Waals surface area contributed by atoms with E-state index in [9.17, 15) is 14.4 Å². The third-order valence-electron chi connectivity index (χ3n) is 4.07. The largest absolute Gasteiger partial charge is 0.482 e. The summed E-state index contributed by atoms with van der Waals surface area (Å²) >= 11 is 0. The molecule has 0 spiro atoms. The van der Waals surface area contributed by atoms with Crippen molar-refractivity contribution < 1.29 is 28.6 Å². The molecule has 1 aromatic rings. The molecular formula is C17H20N2O6. The summed E-state index contributed by atoms with van der Waals surface area (Å²) < 4.78 is 15.6. The van der Waals surface area contributed by atoms with E-state index in [1.54, 1.807) is 23.1 Å². The Balaban J connectivity index is 1.47. The van der Waals surface area contributed by atoms with Gasteiger partial charge in [-0.25, -0.2) is 0 Å². The average molecular weight is 348 g/mol. The highest BCUT2D eigenvalue weighted by Gasteiger charge is 2.26. The van der Waals surface area contributed by atoms with Gasteiger partial charge in [0.15, 0.2) is 13.2 Å². The standard InChI is InChI=1S/C17H20N2O6/c20-15(18-7-9-23-10-8-18)11-25-17(22)5-6-19-13-3-1-2-4-14(13)24-12-16(19)21/h1-4H,5-12H2. The summed E-state index contributed by atoms with van der Waals surface area (Å²) in [7, 11) is 0. The number of nitrogens with zero attached hydrogens (tertiary/aromatic N) is 2. The Labute approximate surface area is 145 Å². The molecule has 2 aliphatic rings. The van der Waals surface area contributed by atoms with E-state index in [2.05, 4.69) is 0 Å². The van der Waals surface area contributed by atoms with Crippen molar-refractivity contribution in [3.63, 3.8) is 0 Å². The zero-order valence-electron chi connectivity index (χ0n) is 13.8. The molecule has 25 heavy (non-hydrogen) atoms. The summed E-state index contributed by atoms with van der Waals surface area (Å²) in [5.41, 5.74) is 0.635. The molecule has 0 radical (unpaired) electrons. The normalized spacial score (nSPS) is 16.9. The molecule has 1 aromatic carbocycles. The van der Waals surface area contributed by atoms with Crippen molar-refractivity contribution >= 4 is 23.5 Å². The zero-order chi connectivity index (χ0) is 17.6. The topological polar surface area (TPSA) is 85.4 Å². The van der Waals surface area contributed by atoms with E-state index in [-0.39, 0.29) is 38.0 Å². The van der Waals surface area contributed by atoms with Gasteiger partial charge in [0.1, 0.15) is 5.75 Å². The van der Waals surface area contributed by atoms with Gasteiger partial charge in [-0.05, 0) is 12.1 Å². The number of carbonyl (C=O) groups is 3. The molecule has 2 amide bonds. The van der Waals surface area contributed by atoms with E-state index in [4.69, 9.17) is 14.2 Å². The lowest BCUT2D eigenvalue weighted by Gasteiger charge is -2.29. The number of anilines is 1. The van der Waals surface area contributed by atoms with Gasteiger partial charge in [-0.15, -0.1) is 0 Å². The van der Waals surface area contributed by atoms with Crippen LogP contribution in [-0.4, -0.2) is 68.7 Å². The highest BCUT2D eigenvalue weighted by atomic mass is 16.5. The maximum atomic E-state index is 12.0. The molecule has 0 bridgehead atoms. The first-order chi connectivity index (χ1) is 12.1. The Morgan fingerprint density at radius 3 is 2.72 bits per heavy atom. The number of ether oxygens (including phenoxy) is 3. The molecule has 2 aliphatic heterocycles. The number of hydrogen-bond donors (Lipinski definition) is 0. The summed E-state index contributed by atoms with van der Waals surface area (Å²) in [5.74, 6) is -0.350. The highest BCUT2D eigenvalue weighted by Crippen LogP contribution is 2.31. The van der Waals surface area contributed by atoms with Crippen LogP contribution in [0.2, 0.25) is 0 Å². The number of rotatable bonds is 5. The predicted molar refractivity (Wildman–Crippen MR) is 87.3 cm³/mol. The van der Waals surface area contributed by atoms with Gasteiger partial charge in [0.25, 0.3) is 11.8 Å². The summed E-state index contributed by atoms with van der Waals surface area (Å²) in [4.78, 5) is 39.0. The molecule has 0 atom stereocenters. The Hall–Kier alpha value is -2.61. The van der Waals surface area contributed by atoms with Gasteiger partial charge < -0.3 is 24.0 Å². The van der Waals surface area contributed by atoms with Crippen molar-refractivity contribution in [2.75, 3.05) is 51.0 Å². The summed E-state index contributed by atoms with van der Waals surface area (Å²) in [5, 5.41) is 0. The molecule has 0 aromatic heterocycles. The Bertz CT molecular complexity index is 656. The molecule has 8 heteroatoms. The monoisotopic (exact) mass is 348 g/mol. The molecule has 2 heterocycles. The minimum absolute atomic E-state index is 0.0104. The number of benzene rings is 1. The zero-order valence-corrected chi connectivity index (χ0v) is 13.8. The van der Waals surface area contributed by atoms with E-state index < -0.39 is 5.97 Å². The minimum Gasteiger partial charge on any atom is -0.482 e. The van der Waals surface area contributed by atoms with Crippen molar-refractivity contribution in [2.24, 2.45) is 0 Å². The van der Waals surface area contributed by atoms with Crippen molar-refractivity contribution in [3.8, 4) is 5.75 Å². The first-order valence-corrected chi connectivity index (χ1v) is 8.18. The number of esters is 1. The SMILES string of the molecule is O=C(CCN1C(=O)COc2ccccc21)OCC(=O)N1CCOCC1. The van der Waals surface area contributed by atoms with Crippen LogP contribution in [0.15, 0.2) is 24.3 Å². The van der Waals surface area contributed by atoms with Gasteiger partial charge in [0, 0.05) is 19.6 Å². The quantitative estimate of drug-likeness (QED) is 0.707. The van der Waals surface area contributed by atoms with E-state index in [0.29, 0.717) is 37.7 Å². The molecule has 1 fully saturated rings. The molecule has 3 rings (SSSR count). The Morgan fingerprint density at radius 1 is 1.16 bits per heavy atom. The van der Waals surface area contributed by atoms with Crippen LogP contribution in [-0.2, 0) is 23.9 Å². The van der Waals surface area contributed by atoms with Crippen molar-refractivity contribution in [1.82, 2.24) is 4.90 Å². The fourth-order valence-corrected chi connectivity index (χ4v) is 2.72. The number of hydrogen-bond acceptors (Lipinski definition) is 6. The van der Waals surface area contributed by atoms with Crippen molar-refractivity contribution in [1.29, 1.82) is 0 Å². The van der Waals surface area contributed by atoms with Crippen molar-refractivity contribution in [2.45, 2.75) is 6.42 Å². The minimum atomic E-state index is -0.515. The van der Waals surface area contributed by atoms with E-state index >= 15 is 0 Å². The van der Waals surface area contributed by atoms with Crippen LogP contribution in [0.3, 0.4) is 0 Å². The second-order valence-electron chi connectivity index (χ2n) is 5.71. The molecule has 0 N–H and O–H groups in total. The summed E-state index contributed by atoms with van der Waals surface area (Å²) in [6.45, 7) is 1.86. The maximum Gasteiger partial charge on any atom is 0.308 e. The predicted octanol–water partition coefficient (Wildman–Crippen LogP) is 0.204. The van der Waals surface area contributed by atoms with Gasteiger partial charge in [-0.2, -0.15) is 0 Å². The molecule has 134 valence electrons. The molecular weight excluding hydrogens is 328 g/mol. The van der Waals surface area contributed by atoms with Crippen LogP contribution in [0, 0.1) is 0 Å². The number of amides is 2. The Morgan fingerprint density at radius 2 is 1.92 bits per heavy atom. The van der Waals surface area contributed by atoms with E-state index in [0.717, 1.165) is 0 Å². The summed E-state index contributed by atoms with van der Waals surface area (Å²) in [6, 6.07) is 7.15. The third-order valence-corrected chi connectivity index (χ3v) is 4.07. The molecule has 0 saturated carbocycles. The van der Waals surface area contributed by atoms with Crippen LogP contribution >= 0.6 is 0 Å². The fourth-order valence-electron chi connectivity index (χ4n) is 2.72. The lowest BCUT2D eigenvalue weighted by molar-refractivity contribution is -0.153. The lowest BCUT2D eigenvalue weighted by atomic mass is 10.2. The average Bonchev–Trinajstić information content (AvgIpc) is 2.66. The highest BCUT2D eigenvalue weighted by molar-refractivity contribution is 5.98. The Kier molecular flexibility index (Phi) is 5.49. The maximum absolute atomic E-state index is 12.0. The number of morpholine rings is 1. The van der Waals surface area contributed by atoms with Gasteiger partial charge >= 0.3 is 5.97 Å². The van der Waals surface area contributed by atoms with E-state index in [1.807, 2.05) is 6.07 Å². The van der Waals surface area contributed by atoms with Crippen LogP contribution in [0.4, 0.5) is 5.69 Å². The van der Waals surface area contributed by atoms with Gasteiger partial charge in [0.2, 0.25) is 0 Å². The van der Waals surface area contributed by atoms with Gasteiger partial charge in [0.05, 0.1) is 25.3 Å². The van der Waals surface area contributed by atoms with Gasteiger partial charge in [-0.3, -0.25) is 14.4 Å². The van der Waals surface area contributed by atoms with Crippen molar-refractivity contribution in [3.05, 3.63) is 24.3 Å². The number of para-hydroxylation sites is 2. The smallest absolute Gasteiger partial charge is 0.308 e. The molecule has 1 saturated heterocycles. The first kappa shape index (κ1) is 17.2. The lowest BCUT2D eigenvalue weighted by Crippen LogP contribution is -2.43. The second-order valence-corrected chi connectivity index (χ2v) is 5.71. The summed E-state index contributed by atoms with van der Waals surface area (Å²) in [6.07, 6.45) is 0.0104. The number of carbonyl (C=O) groups excluding carboxylic acids is 3. The third kappa shape index (κ3) is 4.27. The van der Waals surface area contributed by atoms with Crippen LogP contribution in [0.5, 0.6) is 5.75 Å². The van der Waals surface area contributed by atoms with Crippen LogP contribution < -0.4 is 9.64 Å². The molecule has 0 aliphatic carbocycles. The first-order valence-electron chi connectivity index (χ1n) is 8.18.